The highest BCUT2D eigenvalue weighted by Crippen LogP contribution is 2.14. The van der Waals surface area contributed by atoms with Gasteiger partial charge < -0.3 is 10.0 Å². The maximum Gasteiger partial charge on any atom is 0.323 e. The summed E-state index contributed by atoms with van der Waals surface area (Å²) in [4.78, 5) is 24.0. The van der Waals surface area contributed by atoms with Crippen LogP contribution in [0.4, 0.5) is 0 Å². The number of rotatable bonds is 6. The van der Waals surface area contributed by atoms with Gasteiger partial charge in [0, 0.05) is 6.54 Å². The van der Waals surface area contributed by atoms with Gasteiger partial charge in [0.1, 0.15) is 12.6 Å². The Bertz CT molecular complexity index is 644. The van der Waals surface area contributed by atoms with Crippen molar-refractivity contribution in [3.05, 3.63) is 35.9 Å². The van der Waals surface area contributed by atoms with E-state index in [9.17, 15) is 18.0 Å². The summed E-state index contributed by atoms with van der Waals surface area (Å²) in [5, 5.41) is 8.76. The molecular formula is C14H18N2O5S. The number of carbonyl (C=O) groups is 2. The monoisotopic (exact) mass is 326 g/mol. The molecule has 0 bridgehead atoms. The Balaban J connectivity index is 2.02. The second-order valence-electron chi connectivity index (χ2n) is 5.21. The highest BCUT2D eigenvalue weighted by atomic mass is 32.2. The molecule has 2 N–H and O–H groups in total. The minimum absolute atomic E-state index is 0.212. The molecular weight excluding hydrogens is 308 g/mol. The van der Waals surface area contributed by atoms with Crippen LogP contribution in [0.15, 0.2) is 30.3 Å². The number of hydrogen-bond acceptors (Lipinski definition) is 4. The van der Waals surface area contributed by atoms with Gasteiger partial charge in [0.25, 0.3) is 0 Å². The minimum atomic E-state index is -3.66. The fraction of sp³-hybridized carbons (Fsp3) is 0.429. The van der Waals surface area contributed by atoms with Gasteiger partial charge in [-0.3, -0.25) is 9.59 Å². The third kappa shape index (κ3) is 4.54. The van der Waals surface area contributed by atoms with E-state index in [-0.39, 0.29) is 5.75 Å². The Morgan fingerprint density at radius 2 is 2.00 bits per heavy atom. The average Bonchev–Trinajstić information content (AvgIpc) is 2.43. The molecule has 0 unspecified atom stereocenters. The molecule has 0 aliphatic carbocycles. The summed E-state index contributed by atoms with van der Waals surface area (Å²) in [5.41, 5.74) is 0.626. The van der Waals surface area contributed by atoms with Crippen molar-refractivity contribution >= 4 is 21.9 Å². The van der Waals surface area contributed by atoms with Gasteiger partial charge in [-0.05, 0) is 18.4 Å². The Morgan fingerprint density at radius 1 is 1.32 bits per heavy atom. The van der Waals surface area contributed by atoms with E-state index in [4.69, 9.17) is 5.11 Å². The number of carboxylic acids is 1. The maximum atomic E-state index is 12.1. The van der Waals surface area contributed by atoms with E-state index in [1.165, 1.54) is 4.90 Å². The molecule has 0 spiro atoms. The van der Waals surface area contributed by atoms with Crippen LogP contribution < -0.4 is 4.72 Å². The van der Waals surface area contributed by atoms with Crippen molar-refractivity contribution in [1.82, 2.24) is 9.62 Å². The lowest BCUT2D eigenvalue weighted by Gasteiger charge is -2.31. The topological polar surface area (TPSA) is 104 Å². The van der Waals surface area contributed by atoms with Crippen molar-refractivity contribution in [2.75, 3.05) is 13.1 Å². The number of nitrogens with zero attached hydrogens (tertiary/aromatic N) is 1. The second kappa shape index (κ2) is 6.89. The van der Waals surface area contributed by atoms with E-state index in [0.717, 1.165) is 0 Å². The van der Waals surface area contributed by atoms with E-state index in [1.54, 1.807) is 30.3 Å². The largest absolute Gasteiger partial charge is 0.480 e. The van der Waals surface area contributed by atoms with Crippen LogP contribution in [0.5, 0.6) is 0 Å². The Hall–Kier alpha value is -1.93. The molecule has 1 aliphatic rings. The quantitative estimate of drug-likeness (QED) is 0.776. The van der Waals surface area contributed by atoms with E-state index in [1.807, 2.05) is 0 Å². The van der Waals surface area contributed by atoms with Crippen LogP contribution in [-0.4, -0.2) is 49.4 Å². The average molecular weight is 326 g/mol. The summed E-state index contributed by atoms with van der Waals surface area (Å²) in [6, 6.07) is 7.77. The molecule has 1 amide bonds. The number of aliphatic carboxylic acids is 1. The number of nitrogens with one attached hydrogen (secondary N) is 1. The van der Waals surface area contributed by atoms with Crippen molar-refractivity contribution in [2.45, 2.75) is 24.6 Å². The molecule has 120 valence electrons. The molecule has 7 nitrogen and oxygen atoms in total. The van der Waals surface area contributed by atoms with E-state index < -0.39 is 34.5 Å². The van der Waals surface area contributed by atoms with Crippen LogP contribution in [0.25, 0.3) is 0 Å². The zero-order chi connectivity index (χ0) is 16.2. The zero-order valence-corrected chi connectivity index (χ0v) is 12.8. The molecule has 1 aromatic carbocycles. The molecule has 1 saturated heterocycles. The predicted octanol–water partition coefficient (Wildman–Crippen LogP) is 0.182. The number of carbonyl (C=O) groups excluding carboxylic acids is 1. The lowest BCUT2D eigenvalue weighted by Crippen LogP contribution is -2.53. The van der Waals surface area contributed by atoms with E-state index in [0.29, 0.717) is 24.9 Å². The van der Waals surface area contributed by atoms with Gasteiger partial charge in [0.05, 0.1) is 5.75 Å². The molecule has 1 fully saturated rings. The van der Waals surface area contributed by atoms with Gasteiger partial charge >= 0.3 is 5.97 Å². The summed E-state index contributed by atoms with van der Waals surface area (Å²) in [5.74, 6) is -1.80. The number of sulfonamides is 1. The van der Waals surface area contributed by atoms with Crippen molar-refractivity contribution in [3.8, 4) is 0 Å². The number of carboxylic acid groups (broad SMARTS) is 1. The summed E-state index contributed by atoms with van der Waals surface area (Å²) >= 11 is 0. The molecule has 0 saturated carbocycles. The normalized spacial score (nSPS) is 19.2. The molecule has 0 aromatic heterocycles. The highest BCUT2D eigenvalue weighted by molar-refractivity contribution is 7.88. The SMILES string of the molecule is O=C(O)CN1CCC[C@@H](NS(=O)(=O)Cc2ccccc2)C1=O. The Morgan fingerprint density at radius 3 is 2.64 bits per heavy atom. The van der Waals surface area contributed by atoms with Gasteiger partial charge in [0.2, 0.25) is 15.9 Å². The van der Waals surface area contributed by atoms with Crippen molar-refractivity contribution in [1.29, 1.82) is 0 Å². The smallest absolute Gasteiger partial charge is 0.323 e. The van der Waals surface area contributed by atoms with Gasteiger partial charge in [0.15, 0.2) is 0 Å². The summed E-state index contributed by atoms with van der Waals surface area (Å²) < 4.78 is 26.7. The first-order chi connectivity index (χ1) is 10.4. The standard InChI is InChI=1S/C14H18N2O5S/c17-13(18)9-16-8-4-7-12(14(16)19)15-22(20,21)10-11-5-2-1-3-6-11/h1-3,5-6,12,15H,4,7-10H2,(H,17,18)/t12-/m1/s1. The van der Waals surface area contributed by atoms with Crippen LogP contribution in [-0.2, 0) is 25.4 Å². The highest BCUT2D eigenvalue weighted by Gasteiger charge is 2.32. The third-order valence-corrected chi connectivity index (χ3v) is 4.74. The first-order valence-electron chi connectivity index (χ1n) is 6.92. The number of amides is 1. The van der Waals surface area contributed by atoms with Crippen LogP contribution in [0.1, 0.15) is 18.4 Å². The van der Waals surface area contributed by atoms with Crippen LogP contribution in [0, 0.1) is 0 Å². The van der Waals surface area contributed by atoms with E-state index in [2.05, 4.69) is 4.72 Å². The van der Waals surface area contributed by atoms with Crippen molar-refractivity contribution in [3.63, 3.8) is 0 Å². The molecule has 8 heteroatoms. The zero-order valence-electron chi connectivity index (χ0n) is 11.9. The molecule has 1 aromatic rings. The molecule has 2 rings (SSSR count). The maximum absolute atomic E-state index is 12.1. The fourth-order valence-corrected chi connectivity index (χ4v) is 3.79. The lowest BCUT2D eigenvalue weighted by molar-refractivity contribution is -0.146. The number of likely N-dealkylation sites (tertiary alicyclic amines) is 1. The molecule has 0 radical (unpaired) electrons. The van der Waals surface area contributed by atoms with Crippen LogP contribution in [0.3, 0.4) is 0 Å². The van der Waals surface area contributed by atoms with Gasteiger partial charge in [-0.15, -0.1) is 0 Å². The molecule has 22 heavy (non-hydrogen) atoms. The number of piperidine rings is 1. The van der Waals surface area contributed by atoms with Crippen LogP contribution >= 0.6 is 0 Å². The van der Waals surface area contributed by atoms with Gasteiger partial charge in [-0.25, -0.2) is 13.1 Å². The number of benzene rings is 1. The molecule has 1 heterocycles. The summed E-state index contributed by atoms with van der Waals surface area (Å²) in [6.07, 6.45) is 0.945. The fourth-order valence-electron chi connectivity index (χ4n) is 2.42. The molecule has 1 atom stereocenters. The minimum Gasteiger partial charge on any atom is -0.480 e. The molecule has 1 aliphatic heterocycles. The van der Waals surface area contributed by atoms with Gasteiger partial charge in [-0.1, -0.05) is 30.3 Å². The van der Waals surface area contributed by atoms with Crippen molar-refractivity contribution < 1.29 is 23.1 Å². The number of hydrogen-bond donors (Lipinski definition) is 2. The summed E-state index contributed by atoms with van der Waals surface area (Å²) in [7, 11) is -3.66. The van der Waals surface area contributed by atoms with Gasteiger partial charge in [-0.2, -0.15) is 0 Å². The summed E-state index contributed by atoms with van der Waals surface area (Å²) in [6.45, 7) is -0.0716. The first-order valence-corrected chi connectivity index (χ1v) is 8.57. The lowest BCUT2D eigenvalue weighted by atomic mass is 10.1. The Kier molecular flexibility index (Phi) is 5.15. The predicted molar refractivity (Wildman–Crippen MR) is 79.4 cm³/mol. The van der Waals surface area contributed by atoms with E-state index >= 15 is 0 Å². The van der Waals surface area contributed by atoms with Crippen molar-refractivity contribution in [2.24, 2.45) is 0 Å². The Labute approximate surface area is 129 Å². The second-order valence-corrected chi connectivity index (χ2v) is 6.96. The van der Waals surface area contributed by atoms with Crippen LogP contribution in [0.2, 0.25) is 0 Å². The first kappa shape index (κ1) is 16.4. The third-order valence-electron chi connectivity index (χ3n) is 3.38.